The Balaban J connectivity index is 1.52. The van der Waals surface area contributed by atoms with Crippen molar-refractivity contribution in [3.8, 4) is 5.88 Å². The zero-order valence-electron chi connectivity index (χ0n) is 21.8. The van der Waals surface area contributed by atoms with Crippen LogP contribution in [0.5, 0.6) is 5.88 Å². The lowest BCUT2D eigenvalue weighted by atomic mass is 9.52. The molecule has 0 radical (unpaired) electrons. The van der Waals surface area contributed by atoms with Gasteiger partial charge in [0.15, 0.2) is 0 Å². The quantitative estimate of drug-likeness (QED) is 0.547. The monoisotopic (exact) mass is 488 g/mol. The Bertz CT molecular complexity index is 953. The third-order valence-electron chi connectivity index (χ3n) is 7.74. The summed E-state index contributed by atoms with van der Waals surface area (Å²) in [5.41, 5.74) is -0.261. The normalized spacial score (nSPS) is 29.6. The number of amides is 2. The van der Waals surface area contributed by atoms with Crippen LogP contribution in [-0.4, -0.2) is 59.8 Å². The number of hydrogen-bond acceptors (Lipinski definition) is 6. The number of carbonyl (C=O) groups is 2. The molecule has 9 heteroatoms. The van der Waals surface area contributed by atoms with E-state index in [0.717, 1.165) is 32.1 Å². The average Bonchev–Trinajstić information content (AvgIpc) is 3.21. The first kappa shape index (κ1) is 25.5. The van der Waals surface area contributed by atoms with Gasteiger partial charge in [0.1, 0.15) is 5.56 Å². The summed E-state index contributed by atoms with van der Waals surface area (Å²) in [6, 6.07) is 0.155. The fraction of sp³-hybridized carbons (Fsp3) is 0.731. The van der Waals surface area contributed by atoms with Crippen LogP contribution in [0.15, 0.2) is 12.3 Å². The Kier molecular flexibility index (Phi) is 7.18. The van der Waals surface area contributed by atoms with E-state index in [0.29, 0.717) is 35.8 Å². The average molecular weight is 489 g/mol. The highest BCUT2D eigenvalue weighted by Gasteiger charge is 2.56. The van der Waals surface area contributed by atoms with Crippen LogP contribution in [0, 0.1) is 23.7 Å². The van der Waals surface area contributed by atoms with Crippen LogP contribution in [0.4, 0.5) is 4.79 Å². The summed E-state index contributed by atoms with van der Waals surface area (Å²) in [4.78, 5) is 25.1. The lowest BCUT2D eigenvalue weighted by Crippen LogP contribution is -2.62. The maximum Gasteiger partial charge on any atom is 0.407 e. The minimum Gasteiger partial charge on any atom is -0.477 e. The fourth-order valence-electron chi connectivity index (χ4n) is 6.28. The van der Waals surface area contributed by atoms with E-state index in [9.17, 15) is 9.59 Å². The number of methoxy groups -OCH3 is 2. The molecule has 4 bridgehead atoms. The van der Waals surface area contributed by atoms with Gasteiger partial charge in [0.2, 0.25) is 5.88 Å². The van der Waals surface area contributed by atoms with Crippen LogP contribution >= 0.6 is 0 Å². The van der Waals surface area contributed by atoms with Gasteiger partial charge in [0, 0.05) is 19.4 Å². The van der Waals surface area contributed by atoms with Gasteiger partial charge in [-0.2, -0.15) is 5.10 Å². The zero-order chi connectivity index (χ0) is 25.4. The number of hydrogen-bond donors (Lipinski definition) is 2. The SMILES string of the molecule is COC(=O)NC(C)(C)/C=C/n1ncc(C(=O)N[C@H]2C3CC4CC2C[C@](OC)(C4)C3)c1OCC(C)C. The van der Waals surface area contributed by atoms with Gasteiger partial charge in [-0.3, -0.25) is 4.79 Å². The van der Waals surface area contributed by atoms with Gasteiger partial charge in [0.25, 0.3) is 5.91 Å². The Labute approximate surface area is 207 Å². The van der Waals surface area contributed by atoms with Gasteiger partial charge in [-0.15, -0.1) is 0 Å². The van der Waals surface area contributed by atoms with Crippen molar-refractivity contribution in [2.75, 3.05) is 20.8 Å². The Hall–Kier alpha value is -2.55. The van der Waals surface area contributed by atoms with Crippen LogP contribution in [0.1, 0.15) is 70.2 Å². The summed E-state index contributed by atoms with van der Waals surface area (Å²) in [7, 11) is 3.16. The van der Waals surface area contributed by atoms with Crippen molar-refractivity contribution in [1.29, 1.82) is 0 Å². The molecule has 4 aliphatic carbocycles. The molecule has 5 rings (SSSR count). The van der Waals surface area contributed by atoms with E-state index in [-0.39, 0.29) is 23.5 Å². The van der Waals surface area contributed by atoms with Gasteiger partial charge in [-0.05, 0) is 75.7 Å². The second-order valence-corrected chi connectivity index (χ2v) is 11.5. The minimum atomic E-state index is -0.686. The predicted octanol–water partition coefficient (Wildman–Crippen LogP) is 3.85. The number of carbonyl (C=O) groups excluding carboxylic acids is 2. The maximum absolute atomic E-state index is 13.5. The molecule has 2 N–H and O–H groups in total. The molecule has 1 heterocycles. The number of aromatic nitrogens is 2. The van der Waals surface area contributed by atoms with Crippen LogP contribution < -0.4 is 15.4 Å². The highest BCUT2D eigenvalue weighted by Crippen LogP contribution is 2.57. The molecule has 194 valence electrons. The molecule has 2 unspecified atom stereocenters. The Morgan fingerprint density at radius 1 is 1.23 bits per heavy atom. The summed E-state index contributed by atoms with van der Waals surface area (Å²) in [5, 5.41) is 10.5. The second-order valence-electron chi connectivity index (χ2n) is 11.5. The summed E-state index contributed by atoms with van der Waals surface area (Å²) in [6.45, 7) is 8.24. The lowest BCUT2D eigenvalue weighted by molar-refractivity contribution is -0.156. The van der Waals surface area contributed by atoms with E-state index in [4.69, 9.17) is 14.2 Å². The van der Waals surface area contributed by atoms with Crippen LogP contribution in [0.2, 0.25) is 0 Å². The molecule has 0 spiro atoms. The second kappa shape index (κ2) is 9.84. The number of ether oxygens (including phenoxy) is 3. The molecule has 4 fully saturated rings. The number of alkyl carbamates (subject to hydrolysis) is 1. The van der Waals surface area contributed by atoms with Crippen molar-refractivity contribution < 1.29 is 23.8 Å². The summed E-state index contributed by atoms with van der Waals surface area (Å²) in [5.74, 6) is 2.14. The van der Waals surface area contributed by atoms with E-state index in [1.165, 1.54) is 7.11 Å². The molecule has 0 aliphatic heterocycles. The van der Waals surface area contributed by atoms with E-state index in [2.05, 4.69) is 29.6 Å². The highest BCUT2D eigenvalue weighted by atomic mass is 16.5. The molecule has 4 aliphatic rings. The molecule has 35 heavy (non-hydrogen) atoms. The van der Waals surface area contributed by atoms with Crippen molar-refractivity contribution in [3.63, 3.8) is 0 Å². The molecule has 2 atom stereocenters. The molecule has 1 aromatic heterocycles. The Morgan fingerprint density at radius 2 is 1.91 bits per heavy atom. The standard InChI is InChI=1S/C26H40N4O5/c1-16(2)15-35-23-20(14-27-30(23)8-7-25(3,4)29-24(32)33-5)22(31)28-21-18-9-17-10-19(21)13-26(11-17,12-18)34-6/h7-8,14,16-19,21H,9-13,15H2,1-6H3,(H,28,31)(H,29,32)/b8-7+/t17?,18?,19?,21-,26-. The zero-order valence-corrected chi connectivity index (χ0v) is 21.8. The van der Waals surface area contributed by atoms with Gasteiger partial charge in [-0.25, -0.2) is 9.48 Å². The molecule has 2 amide bonds. The van der Waals surface area contributed by atoms with E-state index in [1.54, 1.807) is 23.2 Å². The summed E-state index contributed by atoms with van der Waals surface area (Å²) >= 11 is 0. The number of nitrogens with one attached hydrogen (secondary N) is 2. The van der Waals surface area contributed by atoms with Gasteiger partial charge in [0.05, 0.1) is 31.1 Å². The van der Waals surface area contributed by atoms with Crippen molar-refractivity contribution >= 4 is 18.2 Å². The van der Waals surface area contributed by atoms with Gasteiger partial charge in [-0.1, -0.05) is 13.8 Å². The minimum absolute atomic E-state index is 0.00395. The third-order valence-corrected chi connectivity index (χ3v) is 7.74. The largest absolute Gasteiger partial charge is 0.477 e. The van der Waals surface area contributed by atoms with Crippen molar-refractivity contribution in [1.82, 2.24) is 20.4 Å². The number of nitrogens with zero attached hydrogens (tertiary/aromatic N) is 2. The van der Waals surface area contributed by atoms with Crippen molar-refractivity contribution in [3.05, 3.63) is 17.8 Å². The van der Waals surface area contributed by atoms with Crippen molar-refractivity contribution in [2.45, 2.75) is 77.0 Å². The van der Waals surface area contributed by atoms with E-state index >= 15 is 0 Å². The summed E-state index contributed by atoms with van der Waals surface area (Å²) in [6.07, 6.45) is 10.0. The molecule has 0 aromatic carbocycles. The molecule has 9 nitrogen and oxygen atoms in total. The molecular formula is C26H40N4O5. The van der Waals surface area contributed by atoms with Gasteiger partial charge < -0.3 is 24.8 Å². The molecular weight excluding hydrogens is 448 g/mol. The Morgan fingerprint density at radius 3 is 2.51 bits per heavy atom. The first-order valence-corrected chi connectivity index (χ1v) is 12.7. The smallest absolute Gasteiger partial charge is 0.407 e. The van der Waals surface area contributed by atoms with Crippen LogP contribution in [-0.2, 0) is 9.47 Å². The predicted molar refractivity (Wildman–Crippen MR) is 132 cm³/mol. The first-order valence-electron chi connectivity index (χ1n) is 12.7. The summed E-state index contributed by atoms with van der Waals surface area (Å²) < 4.78 is 18.3. The van der Waals surface area contributed by atoms with E-state index < -0.39 is 11.6 Å². The highest BCUT2D eigenvalue weighted by molar-refractivity contribution is 5.96. The molecule has 0 saturated heterocycles. The van der Waals surface area contributed by atoms with Crippen LogP contribution in [0.3, 0.4) is 0 Å². The van der Waals surface area contributed by atoms with Crippen molar-refractivity contribution in [2.24, 2.45) is 23.7 Å². The first-order chi connectivity index (χ1) is 16.5. The third kappa shape index (κ3) is 5.50. The lowest BCUT2D eigenvalue weighted by Gasteiger charge is -2.59. The molecule has 4 saturated carbocycles. The number of rotatable bonds is 9. The van der Waals surface area contributed by atoms with Gasteiger partial charge >= 0.3 is 6.09 Å². The molecule has 1 aromatic rings. The van der Waals surface area contributed by atoms with E-state index in [1.807, 2.05) is 21.0 Å². The fourth-order valence-corrected chi connectivity index (χ4v) is 6.28. The van der Waals surface area contributed by atoms with Crippen LogP contribution in [0.25, 0.3) is 6.20 Å². The maximum atomic E-state index is 13.5. The topological polar surface area (TPSA) is 104 Å².